The number of methoxy groups -OCH3 is 1. The van der Waals surface area contributed by atoms with E-state index in [1.54, 1.807) is 7.11 Å². The van der Waals surface area contributed by atoms with Gasteiger partial charge in [0.15, 0.2) is 0 Å². The Hall–Kier alpha value is -0.280. The number of ether oxygens (including phenoxy) is 1. The third-order valence-corrected chi connectivity index (χ3v) is 3.19. The highest BCUT2D eigenvalue weighted by Gasteiger charge is 2.19. The molecule has 72 valence electrons. The molecule has 0 saturated heterocycles. The predicted molar refractivity (Wildman–Crippen MR) is 62.9 cm³/mol. The second kappa shape index (κ2) is 4.29. The SMILES string of the molecule is CCC(S)(S)c1ccc(OC)cc1. The van der Waals surface area contributed by atoms with Crippen LogP contribution >= 0.6 is 25.3 Å². The second-order valence-corrected chi connectivity index (χ2v) is 4.78. The molecule has 0 fully saturated rings. The molecule has 0 aliphatic rings. The summed E-state index contributed by atoms with van der Waals surface area (Å²) in [6.07, 6.45) is 0.881. The minimum Gasteiger partial charge on any atom is -0.497 e. The maximum absolute atomic E-state index is 5.07. The molecule has 1 aromatic carbocycles. The highest BCUT2D eigenvalue weighted by molar-refractivity contribution is 7.99. The Morgan fingerprint density at radius 1 is 1.23 bits per heavy atom. The average molecular weight is 214 g/mol. The van der Waals surface area contributed by atoms with Crippen molar-refractivity contribution >= 4 is 25.3 Å². The summed E-state index contributed by atoms with van der Waals surface area (Å²) in [7, 11) is 1.66. The first-order valence-electron chi connectivity index (χ1n) is 4.19. The Kier molecular flexibility index (Phi) is 3.56. The molecule has 0 N–H and O–H groups in total. The molecule has 0 saturated carbocycles. The van der Waals surface area contributed by atoms with Crippen LogP contribution in [0.1, 0.15) is 18.9 Å². The van der Waals surface area contributed by atoms with E-state index in [4.69, 9.17) is 4.74 Å². The van der Waals surface area contributed by atoms with Gasteiger partial charge in [0.2, 0.25) is 0 Å². The van der Waals surface area contributed by atoms with Crippen LogP contribution in [0, 0.1) is 0 Å². The molecule has 1 aromatic rings. The van der Waals surface area contributed by atoms with Crippen molar-refractivity contribution in [1.29, 1.82) is 0 Å². The minimum atomic E-state index is -0.341. The van der Waals surface area contributed by atoms with Crippen LogP contribution in [0.15, 0.2) is 24.3 Å². The molecule has 3 heteroatoms. The second-order valence-electron chi connectivity index (χ2n) is 2.90. The lowest BCUT2D eigenvalue weighted by Crippen LogP contribution is -2.08. The zero-order chi connectivity index (χ0) is 9.90. The molecule has 0 bridgehead atoms. The average Bonchev–Trinajstić information content (AvgIpc) is 2.18. The maximum Gasteiger partial charge on any atom is 0.118 e. The van der Waals surface area contributed by atoms with Gasteiger partial charge in [-0.3, -0.25) is 0 Å². The van der Waals surface area contributed by atoms with E-state index >= 15 is 0 Å². The summed E-state index contributed by atoms with van der Waals surface area (Å²) in [6.45, 7) is 2.06. The molecule has 0 spiro atoms. The number of thiol groups is 2. The Balaban J connectivity index is 2.92. The fourth-order valence-electron chi connectivity index (χ4n) is 1.06. The zero-order valence-electron chi connectivity index (χ0n) is 7.82. The molecule has 0 aliphatic carbocycles. The molecule has 0 amide bonds. The Bertz CT molecular complexity index is 267. The lowest BCUT2D eigenvalue weighted by Gasteiger charge is -2.21. The first-order chi connectivity index (χ1) is 6.10. The van der Waals surface area contributed by atoms with Crippen molar-refractivity contribution < 1.29 is 4.74 Å². The van der Waals surface area contributed by atoms with Gasteiger partial charge in [0.25, 0.3) is 0 Å². The van der Waals surface area contributed by atoms with Gasteiger partial charge in [0.05, 0.1) is 11.2 Å². The third kappa shape index (κ3) is 2.58. The van der Waals surface area contributed by atoms with Gasteiger partial charge in [-0.05, 0) is 24.1 Å². The van der Waals surface area contributed by atoms with Crippen LogP contribution in [-0.4, -0.2) is 7.11 Å². The van der Waals surface area contributed by atoms with Crippen LogP contribution in [0.25, 0.3) is 0 Å². The van der Waals surface area contributed by atoms with Crippen molar-refractivity contribution in [3.05, 3.63) is 29.8 Å². The molecule has 0 atom stereocenters. The highest BCUT2D eigenvalue weighted by atomic mass is 32.2. The molecule has 1 nitrogen and oxygen atoms in total. The summed E-state index contributed by atoms with van der Waals surface area (Å²) in [4.78, 5) is 0. The van der Waals surface area contributed by atoms with E-state index in [-0.39, 0.29) is 4.08 Å². The first-order valence-corrected chi connectivity index (χ1v) is 5.09. The van der Waals surface area contributed by atoms with Gasteiger partial charge in [0.1, 0.15) is 5.75 Å². The zero-order valence-corrected chi connectivity index (χ0v) is 9.61. The normalized spacial score (nSPS) is 11.4. The van der Waals surface area contributed by atoms with Crippen LogP contribution in [0.5, 0.6) is 5.75 Å². The smallest absolute Gasteiger partial charge is 0.118 e. The Morgan fingerprint density at radius 2 is 1.77 bits per heavy atom. The van der Waals surface area contributed by atoms with Crippen LogP contribution in [0.3, 0.4) is 0 Å². The summed E-state index contributed by atoms with van der Waals surface area (Å²) in [5.41, 5.74) is 1.10. The van der Waals surface area contributed by atoms with Crippen molar-refractivity contribution in [2.45, 2.75) is 17.4 Å². The van der Waals surface area contributed by atoms with Gasteiger partial charge in [-0.2, -0.15) is 25.3 Å². The van der Waals surface area contributed by atoms with Gasteiger partial charge in [-0.25, -0.2) is 0 Å². The van der Waals surface area contributed by atoms with E-state index in [0.29, 0.717) is 0 Å². The fraction of sp³-hybridized carbons (Fsp3) is 0.400. The van der Waals surface area contributed by atoms with Crippen LogP contribution in [0.2, 0.25) is 0 Å². The number of hydrogen-bond acceptors (Lipinski definition) is 3. The first kappa shape index (κ1) is 10.8. The Labute approximate surface area is 90.3 Å². The molecular weight excluding hydrogens is 200 g/mol. The van der Waals surface area contributed by atoms with Gasteiger partial charge in [0, 0.05) is 0 Å². The topological polar surface area (TPSA) is 9.23 Å². The summed E-state index contributed by atoms with van der Waals surface area (Å²) in [5.74, 6) is 0.859. The standard InChI is InChI=1S/C10H14OS2/c1-3-10(12,13)8-4-6-9(11-2)7-5-8/h4-7,12-13H,3H2,1-2H3. The molecular formula is C10H14OS2. The van der Waals surface area contributed by atoms with Gasteiger partial charge in [-0.1, -0.05) is 19.1 Å². The molecule has 0 aliphatic heterocycles. The molecule has 0 unspecified atom stereocenters. The monoisotopic (exact) mass is 214 g/mol. The van der Waals surface area contributed by atoms with Crippen molar-refractivity contribution in [3.63, 3.8) is 0 Å². The van der Waals surface area contributed by atoms with Crippen LogP contribution < -0.4 is 4.74 Å². The number of hydrogen-bond donors (Lipinski definition) is 2. The van der Waals surface area contributed by atoms with Crippen LogP contribution in [0.4, 0.5) is 0 Å². The van der Waals surface area contributed by atoms with E-state index < -0.39 is 0 Å². The maximum atomic E-state index is 5.07. The van der Waals surface area contributed by atoms with E-state index in [9.17, 15) is 0 Å². The van der Waals surface area contributed by atoms with Crippen molar-refractivity contribution in [3.8, 4) is 5.75 Å². The van der Waals surface area contributed by atoms with E-state index in [1.165, 1.54) is 0 Å². The molecule has 13 heavy (non-hydrogen) atoms. The minimum absolute atomic E-state index is 0.341. The summed E-state index contributed by atoms with van der Waals surface area (Å²) >= 11 is 8.93. The number of rotatable bonds is 3. The predicted octanol–water partition coefficient (Wildman–Crippen LogP) is 3.12. The van der Waals surface area contributed by atoms with E-state index in [1.807, 2.05) is 24.3 Å². The highest BCUT2D eigenvalue weighted by Crippen LogP contribution is 2.36. The summed E-state index contributed by atoms with van der Waals surface area (Å²) < 4.78 is 4.72. The Morgan fingerprint density at radius 3 is 2.15 bits per heavy atom. The largest absolute Gasteiger partial charge is 0.497 e. The van der Waals surface area contributed by atoms with E-state index in [0.717, 1.165) is 17.7 Å². The van der Waals surface area contributed by atoms with Gasteiger partial charge >= 0.3 is 0 Å². The van der Waals surface area contributed by atoms with Crippen LogP contribution in [-0.2, 0) is 4.08 Å². The van der Waals surface area contributed by atoms with Gasteiger partial charge < -0.3 is 4.74 Å². The lowest BCUT2D eigenvalue weighted by atomic mass is 10.1. The van der Waals surface area contributed by atoms with E-state index in [2.05, 4.69) is 32.2 Å². The van der Waals surface area contributed by atoms with Crippen molar-refractivity contribution in [2.24, 2.45) is 0 Å². The van der Waals surface area contributed by atoms with Crippen molar-refractivity contribution in [2.75, 3.05) is 7.11 Å². The molecule has 0 aromatic heterocycles. The third-order valence-electron chi connectivity index (χ3n) is 2.05. The van der Waals surface area contributed by atoms with Crippen molar-refractivity contribution in [1.82, 2.24) is 0 Å². The summed E-state index contributed by atoms with van der Waals surface area (Å²) in [5, 5.41) is 0. The summed E-state index contributed by atoms with van der Waals surface area (Å²) in [6, 6.07) is 7.82. The molecule has 0 radical (unpaired) electrons. The quantitative estimate of drug-likeness (QED) is 0.580. The molecule has 0 heterocycles. The number of benzene rings is 1. The lowest BCUT2D eigenvalue weighted by molar-refractivity contribution is 0.414. The molecule has 1 rings (SSSR count). The van der Waals surface area contributed by atoms with Gasteiger partial charge in [-0.15, -0.1) is 0 Å². The fourth-order valence-corrected chi connectivity index (χ4v) is 1.36.